The van der Waals surface area contributed by atoms with Gasteiger partial charge in [0.25, 0.3) is 8.32 Å². The number of ether oxygens (including phenoxy) is 4. The molecule has 0 saturated carbocycles. The van der Waals surface area contributed by atoms with Crippen molar-refractivity contribution >= 4 is 70.4 Å². The fraction of sp³-hybridized carbons (Fsp3) is 0.603. The predicted molar refractivity (Wildman–Crippen MR) is 344 cm³/mol. The van der Waals surface area contributed by atoms with Crippen molar-refractivity contribution in [2.45, 2.75) is 190 Å². The number of imidazole rings is 1. The summed E-state index contributed by atoms with van der Waals surface area (Å²) in [6.45, 7) is 21.4. The number of amides is 3. The second kappa shape index (κ2) is 24.7. The Balaban J connectivity index is 0.666. The van der Waals surface area contributed by atoms with Crippen molar-refractivity contribution in [1.29, 1.82) is 0 Å². The van der Waals surface area contributed by atoms with Gasteiger partial charge in [-0.2, -0.15) is 9.97 Å². The number of anilines is 2. The molecule has 0 bridgehead atoms. The van der Waals surface area contributed by atoms with Gasteiger partial charge in [0.1, 0.15) is 47.9 Å². The van der Waals surface area contributed by atoms with Gasteiger partial charge in [0.15, 0.2) is 5.82 Å². The van der Waals surface area contributed by atoms with E-state index >= 15 is 8.78 Å². The summed E-state index contributed by atoms with van der Waals surface area (Å²) in [5.74, 6) is -0.595. The van der Waals surface area contributed by atoms with Gasteiger partial charge in [-0.1, -0.05) is 54.5 Å². The Morgan fingerprint density at radius 3 is 2.26 bits per heavy atom. The minimum absolute atomic E-state index is 0.00699. The van der Waals surface area contributed by atoms with Crippen molar-refractivity contribution in [2.24, 2.45) is 7.05 Å². The van der Waals surface area contributed by atoms with Crippen LogP contribution in [0.3, 0.4) is 0 Å². The summed E-state index contributed by atoms with van der Waals surface area (Å²) >= 11 is 0. The average Bonchev–Trinajstić information content (AvgIpc) is 0.973. The van der Waals surface area contributed by atoms with Crippen molar-refractivity contribution < 1.29 is 46.5 Å². The first-order valence-corrected chi connectivity index (χ1v) is 35.4. The number of carbonyl (C=O) groups excluding carboxylic acids is 3. The minimum Gasteiger partial charge on any atom is -0.543 e. The van der Waals surface area contributed by atoms with Crippen LogP contribution in [0.2, 0.25) is 16.6 Å². The molecule has 0 radical (unpaired) electrons. The van der Waals surface area contributed by atoms with Crippen molar-refractivity contribution in [1.82, 2.24) is 39.2 Å². The number of likely N-dealkylation sites (tertiary alicyclic amines) is 1. The Kier molecular flexibility index (Phi) is 17.0. The highest BCUT2D eigenvalue weighted by atomic mass is 28.4. The maximum atomic E-state index is 18.1. The number of nitrogens with zero attached hydrogens (tertiary/aromatic N) is 9. The Labute approximate surface area is 526 Å². The van der Waals surface area contributed by atoms with Crippen molar-refractivity contribution in [2.75, 3.05) is 75.4 Å². The Morgan fingerprint density at radius 1 is 0.822 bits per heavy atom. The molecule has 3 amide bonds. The van der Waals surface area contributed by atoms with Crippen LogP contribution in [0.15, 0.2) is 53.5 Å². The molecule has 1 spiro atoms. The van der Waals surface area contributed by atoms with Crippen LogP contribution in [-0.2, 0) is 37.3 Å². The molecule has 19 nitrogen and oxygen atoms in total. The first-order chi connectivity index (χ1) is 43.3. The molecule has 90 heavy (non-hydrogen) atoms. The number of pyridine rings is 1. The van der Waals surface area contributed by atoms with Crippen molar-refractivity contribution in [3.63, 3.8) is 0 Å². The summed E-state index contributed by atoms with van der Waals surface area (Å²) < 4.78 is 70.2. The second-order valence-electron chi connectivity index (χ2n) is 27.6. The molecule has 7 fully saturated rings. The topological polar surface area (TPSA) is 188 Å². The Bertz CT molecular complexity index is 3780. The zero-order valence-electron chi connectivity index (χ0n) is 53.6. The van der Waals surface area contributed by atoms with E-state index in [9.17, 15) is 19.2 Å². The van der Waals surface area contributed by atoms with E-state index in [0.717, 1.165) is 107 Å². The van der Waals surface area contributed by atoms with E-state index in [-0.39, 0.29) is 113 Å². The quantitative estimate of drug-likeness (QED) is 0.0670. The van der Waals surface area contributed by atoms with Gasteiger partial charge in [0, 0.05) is 82.6 Å². The van der Waals surface area contributed by atoms with E-state index in [1.54, 1.807) is 28.8 Å². The fourth-order valence-electron chi connectivity index (χ4n) is 16.9. The van der Waals surface area contributed by atoms with Gasteiger partial charge in [-0.25, -0.2) is 18.4 Å². The lowest BCUT2D eigenvalue weighted by atomic mass is 9.86. The monoisotopic (exact) mass is 1250 g/mol. The van der Waals surface area contributed by atoms with Crippen LogP contribution in [0, 0.1) is 11.6 Å². The van der Waals surface area contributed by atoms with Crippen LogP contribution < -0.4 is 30.0 Å². The maximum absolute atomic E-state index is 18.1. The van der Waals surface area contributed by atoms with Gasteiger partial charge in [0.05, 0.1) is 46.4 Å². The number of nitrogens with one attached hydrogen (secondary N) is 1. The number of rotatable bonds is 17. The average molecular weight is 1260 g/mol. The van der Waals surface area contributed by atoms with Gasteiger partial charge < -0.3 is 38.1 Å². The second-order valence-corrected chi connectivity index (χ2v) is 33.0. The van der Waals surface area contributed by atoms with E-state index < -0.39 is 26.1 Å². The Hall–Kier alpha value is -6.75. The van der Waals surface area contributed by atoms with Crippen LogP contribution >= 0.6 is 0 Å². The molecule has 22 heteroatoms. The van der Waals surface area contributed by atoms with Crippen molar-refractivity contribution in [3.05, 3.63) is 76.3 Å². The third-order valence-corrected chi connectivity index (χ3v) is 27.6. The molecule has 1 unspecified atom stereocenters. The lowest BCUT2D eigenvalue weighted by Gasteiger charge is -2.48. The number of halogens is 2. The number of hydrogen-bond donors (Lipinski definition) is 1. The fourth-order valence-corrected chi connectivity index (χ4v) is 22.1. The summed E-state index contributed by atoms with van der Waals surface area (Å²) in [4.78, 5) is 75.3. The molecular weight excluding hydrogens is 1170 g/mol. The molecule has 7 saturated heterocycles. The van der Waals surface area contributed by atoms with Crippen LogP contribution in [0.1, 0.15) is 144 Å². The molecule has 482 valence electrons. The molecule has 7 aliphatic rings. The summed E-state index contributed by atoms with van der Waals surface area (Å²) in [6, 6.07) is 12.4. The minimum atomic E-state index is -2.48. The smallest absolute Gasteiger partial charge is 0.409 e. The Morgan fingerprint density at radius 2 is 1.56 bits per heavy atom. The van der Waals surface area contributed by atoms with Crippen LogP contribution in [0.25, 0.3) is 44.0 Å². The first-order valence-electron chi connectivity index (χ1n) is 33.2. The molecule has 10 heterocycles. The van der Waals surface area contributed by atoms with Gasteiger partial charge in [-0.05, 0) is 153 Å². The van der Waals surface area contributed by atoms with E-state index in [0.29, 0.717) is 78.2 Å². The lowest BCUT2D eigenvalue weighted by Crippen LogP contribution is -2.56. The highest BCUT2D eigenvalue weighted by Crippen LogP contribution is 2.48. The third-order valence-electron chi connectivity index (χ3n) is 21.6. The highest BCUT2D eigenvalue weighted by molar-refractivity contribution is 6.78. The first kappa shape index (κ1) is 62.1. The summed E-state index contributed by atoms with van der Waals surface area (Å²) in [5.41, 5.74) is 3.40. The zero-order valence-corrected chi connectivity index (χ0v) is 54.6. The SMILES string of the molecule is CCc1c(F)ccc2cc(O[Si](C(C)C)(C(C)C)C(C)C)cc(-c3ncc4c(N5CCC[C@]6(CCO6)C5)nc(OC[C@@]56CCCN5[C@H](COC(=O)N5CCC(OC7CCN(c8ccc9c(c8)n(C)c(=O)n9C8CCC(=O)NC8=O)CC7)CC5)CC6)nc4c3F)c12. The third kappa shape index (κ3) is 11.2. The van der Waals surface area contributed by atoms with E-state index in [4.69, 9.17) is 38.3 Å². The van der Waals surface area contributed by atoms with Gasteiger partial charge in [-0.3, -0.25) is 33.9 Å². The molecule has 6 aromatic rings. The maximum Gasteiger partial charge on any atom is 0.409 e. The molecule has 13 rings (SSSR count). The van der Waals surface area contributed by atoms with Crippen LogP contribution in [0.5, 0.6) is 11.8 Å². The largest absolute Gasteiger partial charge is 0.543 e. The molecule has 1 N–H and O–H groups in total. The standard InChI is InChI=1S/C68H88F2N10O9Si/c1-9-50-53(69)14-12-44-34-49(89-90(41(2)3,42(4)5)43(6)7)36-51(58(44)50)60-59(70)61-52(37-71-60)62(78-27-11-24-68(39-78)26-33-87-68)74-64(73-61)86-40-67-23-10-28-79(67)46(18-25-67)38-85-66(84)77-31-21-48(22-32-77)88-47-19-29-76(30-20-47)45-13-15-54-56(35-45)75(8)65(83)80(54)55-16-17-57(81)72-63(55)82/h12-15,34-37,41-43,46-48,55H,9-11,16-33,38-40H2,1-8H3,(H,72,81,82)/t46-,55?,67-,68-/m0/s1. The molecule has 4 atom stereocenters. The van der Waals surface area contributed by atoms with E-state index in [1.165, 1.54) is 10.6 Å². The number of imide groups is 1. The van der Waals surface area contributed by atoms with Gasteiger partial charge in [0.2, 0.25) is 11.8 Å². The van der Waals surface area contributed by atoms with Crippen LogP contribution in [0.4, 0.5) is 25.1 Å². The van der Waals surface area contributed by atoms with Gasteiger partial charge in [-0.15, -0.1) is 0 Å². The van der Waals surface area contributed by atoms with Gasteiger partial charge >= 0.3 is 17.8 Å². The zero-order chi connectivity index (χ0) is 63.0. The molecule has 7 aliphatic heterocycles. The number of aromatic nitrogens is 5. The number of fused-ring (bicyclic) bond motifs is 4. The molecule has 3 aromatic carbocycles. The number of piperidine rings is 4. The molecule has 0 aliphatic carbocycles. The number of carbonyl (C=O) groups is 3. The summed E-state index contributed by atoms with van der Waals surface area (Å²) in [5, 5.41) is 4.19. The normalized spacial score (nSPS) is 23.9. The lowest BCUT2D eigenvalue weighted by molar-refractivity contribution is -0.151. The summed E-state index contributed by atoms with van der Waals surface area (Å²) in [6.07, 6.45) is 11.8. The molecular formula is C68H88F2N10O9Si. The van der Waals surface area contributed by atoms with E-state index in [2.05, 4.69) is 61.6 Å². The number of hydrogen-bond acceptors (Lipinski definition) is 15. The molecule has 3 aromatic heterocycles. The predicted octanol–water partition coefficient (Wildman–Crippen LogP) is 11.3. The summed E-state index contributed by atoms with van der Waals surface area (Å²) in [7, 11) is -0.769. The highest BCUT2D eigenvalue weighted by Gasteiger charge is 2.51. The number of benzene rings is 3. The number of aryl methyl sites for hydroxylation is 2. The van der Waals surface area contributed by atoms with Crippen molar-refractivity contribution in [3.8, 4) is 23.0 Å². The van der Waals surface area contributed by atoms with E-state index in [1.807, 2.05) is 37.3 Å². The van der Waals surface area contributed by atoms with Crippen LogP contribution in [-0.4, -0.2) is 155 Å².